The van der Waals surface area contributed by atoms with Crippen molar-refractivity contribution in [2.75, 3.05) is 4.90 Å². The maximum absolute atomic E-state index is 13.1. The normalized spacial score (nSPS) is 17.8. The number of carbonyl (C=O) groups excluding carboxylic acids is 4. The maximum atomic E-state index is 13.1. The number of imide groups is 1. The largest absolute Gasteiger partial charge is 0.444 e. The van der Waals surface area contributed by atoms with Gasteiger partial charge in [0.2, 0.25) is 12.2 Å². The molecule has 0 bridgehead atoms. The van der Waals surface area contributed by atoms with Crippen LogP contribution in [0.4, 0.5) is 5.69 Å². The number of nitrogens with zero attached hydrogens (tertiary/aromatic N) is 1. The van der Waals surface area contributed by atoms with Gasteiger partial charge >= 0.3 is 11.9 Å². The molecule has 7 nitrogen and oxygen atoms in total. The third-order valence-corrected chi connectivity index (χ3v) is 4.99. The van der Waals surface area contributed by atoms with Crippen molar-refractivity contribution in [3.63, 3.8) is 0 Å². The van der Waals surface area contributed by atoms with Crippen molar-refractivity contribution in [2.45, 2.75) is 12.2 Å². The van der Waals surface area contributed by atoms with Gasteiger partial charge in [-0.05, 0) is 42.5 Å². The first-order chi connectivity index (χ1) is 15.5. The number of hydrogen-bond acceptors (Lipinski definition) is 6. The van der Waals surface area contributed by atoms with E-state index in [0.717, 1.165) is 4.90 Å². The van der Waals surface area contributed by atoms with Crippen LogP contribution in [0.5, 0.6) is 0 Å². The minimum absolute atomic E-state index is 0.173. The molecule has 0 N–H and O–H groups in total. The number of anilines is 1. The zero-order chi connectivity index (χ0) is 22.7. The van der Waals surface area contributed by atoms with E-state index in [9.17, 15) is 19.2 Å². The molecule has 1 aliphatic rings. The van der Waals surface area contributed by atoms with E-state index in [1.807, 2.05) is 0 Å². The van der Waals surface area contributed by atoms with Gasteiger partial charge < -0.3 is 9.47 Å². The highest BCUT2D eigenvalue weighted by molar-refractivity contribution is 6.31. The molecule has 160 valence electrons. The van der Waals surface area contributed by atoms with Crippen molar-refractivity contribution >= 4 is 41.0 Å². The van der Waals surface area contributed by atoms with Crippen molar-refractivity contribution in [1.29, 1.82) is 0 Å². The van der Waals surface area contributed by atoms with E-state index in [4.69, 9.17) is 21.1 Å². The number of carbonyl (C=O) groups is 4. The molecule has 3 aromatic carbocycles. The highest BCUT2D eigenvalue weighted by Crippen LogP contribution is 2.29. The van der Waals surface area contributed by atoms with Crippen LogP contribution in [0.3, 0.4) is 0 Å². The Hall–Kier alpha value is -3.97. The van der Waals surface area contributed by atoms with Crippen molar-refractivity contribution in [1.82, 2.24) is 0 Å². The van der Waals surface area contributed by atoms with Crippen LogP contribution >= 0.6 is 11.6 Å². The molecule has 0 saturated carbocycles. The van der Waals surface area contributed by atoms with Gasteiger partial charge in [-0.15, -0.1) is 0 Å². The highest BCUT2D eigenvalue weighted by atomic mass is 35.5. The minimum Gasteiger partial charge on any atom is -0.444 e. The fourth-order valence-electron chi connectivity index (χ4n) is 3.23. The smallest absolute Gasteiger partial charge is 0.339 e. The molecule has 2 atom stereocenters. The second-order valence-electron chi connectivity index (χ2n) is 6.88. The predicted octanol–water partition coefficient (Wildman–Crippen LogP) is 3.66. The third-order valence-electron chi connectivity index (χ3n) is 4.76. The second kappa shape index (κ2) is 9.03. The lowest BCUT2D eigenvalue weighted by molar-refractivity contribution is -0.130. The van der Waals surface area contributed by atoms with Crippen LogP contribution in [0.15, 0.2) is 84.9 Å². The van der Waals surface area contributed by atoms with E-state index in [-0.39, 0.29) is 16.8 Å². The van der Waals surface area contributed by atoms with E-state index in [1.54, 1.807) is 48.5 Å². The van der Waals surface area contributed by atoms with Gasteiger partial charge in [0.25, 0.3) is 11.8 Å². The molecule has 4 rings (SSSR count). The molecular formula is C24H16ClNO6. The first-order valence-electron chi connectivity index (χ1n) is 9.61. The van der Waals surface area contributed by atoms with Crippen LogP contribution in [0, 0.1) is 0 Å². The monoisotopic (exact) mass is 449 g/mol. The zero-order valence-electron chi connectivity index (χ0n) is 16.5. The molecule has 3 aromatic rings. The molecule has 32 heavy (non-hydrogen) atoms. The van der Waals surface area contributed by atoms with Gasteiger partial charge in [0.1, 0.15) is 0 Å². The van der Waals surface area contributed by atoms with Crippen LogP contribution in [0.1, 0.15) is 20.7 Å². The third kappa shape index (κ3) is 4.24. The summed E-state index contributed by atoms with van der Waals surface area (Å²) in [6.07, 6.45) is -3.30. The molecule has 1 saturated heterocycles. The van der Waals surface area contributed by atoms with Crippen LogP contribution in [0.2, 0.25) is 5.02 Å². The molecule has 2 amide bonds. The second-order valence-corrected chi connectivity index (χ2v) is 7.31. The summed E-state index contributed by atoms with van der Waals surface area (Å²) >= 11 is 6.00. The summed E-state index contributed by atoms with van der Waals surface area (Å²) in [5.74, 6) is -3.34. The van der Waals surface area contributed by atoms with Gasteiger partial charge in [0.15, 0.2) is 0 Å². The Balaban J connectivity index is 1.66. The fraction of sp³-hybridized carbons (Fsp3) is 0.0833. The Labute approximate surface area is 188 Å². The average molecular weight is 450 g/mol. The Morgan fingerprint density at radius 2 is 1.16 bits per heavy atom. The number of ether oxygens (including phenoxy) is 2. The van der Waals surface area contributed by atoms with Gasteiger partial charge in [-0.2, -0.15) is 0 Å². The summed E-state index contributed by atoms with van der Waals surface area (Å²) in [6.45, 7) is 0. The van der Waals surface area contributed by atoms with Crippen LogP contribution in [-0.4, -0.2) is 36.0 Å². The fourth-order valence-corrected chi connectivity index (χ4v) is 3.42. The van der Waals surface area contributed by atoms with E-state index in [0.29, 0.717) is 5.02 Å². The standard InChI is InChI=1S/C24H16ClNO6/c25-17-12-7-13-18(14-17)26-21(27)19(31-23(29)15-8-3-1-4-9-15)20(22(26)28)32-24(30)16-10-5-2-6-11-16/h1-14,19-20H/t19-,20-/m0/s1. The summed E-state index contributed by atoms with van der Waals surface area (Å²) < 4.78 is 10.7. The Kier molecular flexibility index (Phi) is 6.00. The number of hydrogen-bond donors (Lipinski definition) is 0. The van der Waals surface area contributed by atoms with Crippen molar-refractivity contribution in [3.05, 3.63) is 101 Å². The Morgan fingerprint density at radius 3 is 1.59 bits per heavy atom. The molecule has 0 aromatic heterocycles. The van der Waals surface area contributed by atoms with Crippen LogP contribution in [-0.2, 0) is 19.1 Å². The quantitative estimate of drug-likeness (QED) is 0.436. The molecule has 1 heterocycles. The lowest BCUT2D eigenvalue weighted by atomic mass is 10.2. The number of amides is 2. The molecule has 8 heteroatoms. The number of halogens is 1. The predicted molar refractivity (Wildman–Crippen MR) is 115 cm³/mol. The van der Waals surface area contributed by atoms with Crippen molar-refractivity contribution in [2.24, 2.45) is 0 Å². The molecule has 0 aliphatic carbocycles. The first kappa shape index (κ1) is 21.3. The summed E-state index contributed by atoms with van der Waals surface area (Å²) in [5.41, 5.74) is 0.538. The molecule has 0 spiro atoms. The van der Waals surface area contributed by atoms with Gasteiger partial charge in [-0.25, -0.2) is 14.5 Å². The van der Waals surface area contributed by atoms with Crippen molar-refractivity contribution < 1.29 is 28.7 Å². The maximum Gasteiger partial charge on any atom is 0.339 e. The summed E-state index contributed by atoms with van der Waals surface area (Å²) in [6, 6.07) is 22.0. The molecular weight excluding hydrogens is 434 g/mol. The molecule has 0 unspecified atom stereocenters. The van der Waals surface area contributed by atoms with E-state index in [1.165, 1.54) is 36.4 Å². The number of rotatable bonds is 5. The molecule has 1 fully saturated rings. The van der Waals surface area contributed by atoms with Gasteiger partial charge in [0.05, 0.1) is 16.8 Å². The molecule has 1 aliphatic heterocycles. The van der Waals surface area contributed by atoms with Gasteiger partial charge in [-0.3, -0.25) is 9.59 Å². The first-order valence-corrected chi connectivity index (χ1v) is 9.99. The SMILES string of the molecule is O=C(O[C@@H]1C(=O)N(c2cccc(Cl)c2)C(=O)[C@H]1OC(=O)c1ccccc1)c1ccccc1. The lowest BCUT2D eigenvalue weighted by Gasteiger charge is -2.16. The summed E-state index contributed by atoms with van der Waals surface area (Å²) in [7, 11) is 0. The van der Waals surface area contributed by atoms with Gasteiger partial charge in [-0.1, -0.05) is 54.1 Å². The van der Waals surface area contributed by atoms with Crippen LogP contribution < -0.4 is 4.90 Å². The lowest BCUT2D eigenvalue weighted by Crippen LogP contribution is -2.37. The Morgan fingerprint density at radius 1 is 0.688 bits per heavy atom. The topological polar surface area (TPSA) is 90.0 Å². The van der Waals surface area contributed by atoms with Crippen molar-refractivity contribution in [3.8, 4) is 0 Å². The number of esters is 2. The zero-order valence-corrected chi connectivity index (χ0v) is 17.3. The highest BCUT2D eigenvalue weighted by Gasteiger charge is 2.53. The summed E-state index contributed by atoms with van der Waals surface area (Å²) in [5, 5.41) is 0.297. The average Bonchev–Trinajstić information content (AvgIpc) is 3.04. The van der Waals surface area contributed by atoms with Crippen LogP contribution in [0.25, 0.3) is 0 Å². The summed E-state index contributed by atoms with van der Waals surface area (Å²) in [4.78, 5) is 52.2. The number of benzene rings is 3. The molecule has 0 radical (unpaired) electrons. The van der Waals surface area contributed by atoms with E-state index in [2.05, 4.69) is 0 Å². The van der Waals surface area contributed by atoms with Gasteiger partial charge in [0, 0.05) is 5.02 Å². The van der Waals surface area contributed by atoms with E-state index < -0.39 is 36.0 Å². The van der Waals surface area contributed by atoms with E-state index >= 15 is 0 Å². The minimum atomic E-state index is -1.65. The Bertz CT molecular complexity index is 1110.